The fourth-order valence-corrected chi connectivity index (χ4v) is 3.52. The van der Waals surface area contributed by atoms with Crippen LogP contribution in [0.2, 0.25) is 0 Å². The van der Waals surface area contributed by atoms with Gasteiger partial charge in [0.05, 0.1) is 24.1 Å². The molecule has 0 unspecified atom stereocenters. The first-order chi connectivity index (χ1) is 12.8. The minimum atomic E-state index is -0.0382. The number of rotatable bonds is 4. The van der Waals surface area contributed by atoms with Crippen molar-refractivity contribution >= 4 is 5.91 Å². The quantitative estimate of drug-likeness (QED) is 0.727. The molecule has 1 atom stereocenters. The molecule has 0 saturated carbocycles. The number of hydrogen-bond acceptors (Lipinski definition) is 4. The lowest BCUT2D eigenvalue weighted by atomic mass is 10.1. The van der Waals surface area contributed by atoms with E-state index >= 15 is 0 Å². The van der Waals surface area contributed by atoms with Crippen LogP contribution in [0.1, 0.15) is 47.7 Å². The highest BCUT2D eigenvalue weighted by molar-refractivity contribution is 5.94. The number of hydrogen-bond donors (Lipinski definition) is 0. The van der Waals surface area contributed by atoms with Crippen molar-refractivity contribution in [1.82, 2.24) is 24.4 Å². The Morgan fingerprint density at radius 1 is 1.23 bits per heavy atom. The van der Waals surface area contributed by atoms with E-state index in [0.717, 1.165) is 43.1 Å². The van der Waals surface area contributed by atoms with E-state index in [4.69, 9.17) is 4.98 Å². The number of nitrogens with zero attached hydrogens (tertiary/aromatic N) is 5. The molecule has 1 aliphatic rings. The molecular weight excluding hydrogens is 326 g/mol. The molecule has 1 aliphatic heterocycles. The number of aromatic nitrogens is 4. The normalized spacial score (nSPS) is 16.8. The fourth-order valence-electron chi connectivity index (χ4n) is 3.52. The molecule has 3 aromatic rings. The number of imidazole rings is 1. The minimum absolute atomic E-state index is 0.0382. The summed E-state index contributed by atoms with van der Waals surface area (Å²) in [5, 5.41) is 0. The molecule has 0 N–H and O–H groups in total. The van der Waals surface area contributed by atoms with Crippen molar-refractivity contribution < 1.29 is 4.79 Å². The number of amides is 1. The number of aryl methyl sites for hydroxylation is 1. The van der Waals surface area contributed by atoms with Gasteiger partial charge in [-0.05, 0) is 25.0 Å². The number of likely N-dealkylation sites (tertiary alicyclic amines) is 1. The summed E-state index contributed by atoms with van der Waals surface area (Å²) in [4.78, 5) is 28.4. The van der Waals surface area contributed by atoms with Gasteiger partial charge < -0.3 is 4.90 Å². The molecule has 0 spiro atoms. The second-order valence-corrected chi connectivity index (χ2v) is 6.39. The summed E-state index contributed by atoms with van der Waals surface area (Å²) in [6.07, 6.45) is 9.88. The van der Waals surface area contributed by atoms with E-state index in [1.807, 2.05) is 46.0 Å². The Balaban J connectivity index is 1.64. The average Bonchev–Trinajstić information content (AvgIpc) is 3.37. The van der Waals surface area contributed by atoms with Gasteiger partial charge in [0.15, 0.2) is 5.82 Å². The lowest BCUT2D eigenvalue weighted by Crippen LogP contribution is -2.31. The molecule has 26 heavy (non-hydrogen) atoms. The van der Waals surface area contributed by atoms with Crippen LogP contribution >= 0.6 is 0 Å². The summed E-state index contributed by atoms with van der Waals surface area (Å²) >= 11 is 0. The molecule has 0 aliphatic carbocycles. The highest BCUT2D eigenvalue weighted by Gasteiger charge is 2.32. The average molecular weight is 347 g/mol. The molecule has 2 aromatic heterocycles. The summed E-state index contributed by atoms with van der Waals surface area (Å²) < 4.78 is 1.95. The third-order valence-electron chi connectivity index (χ3n) is 4.80. The van der Waals surface area contributed by atoms with Crippen LogP contribution in [0, 0.1) is 0 Å². The Labute approximate surface area is 152 Å². The monoisotopic (exact) mass is 347 g/mol. The van der Waals surface area contributed by atoms with E-state index in [0.29, 0.717) is 5.56 Å². The standard InChI is InChI=1S/C20H21N5O/c1-2-18-22-10-12-25(18)19-14-21-13-16(23-19)17-9-6-11-24(17)20(26)15-7-4-3-5-8-15/h3-5,7-8,10,12-14,17H,2,6,9,11H2,1H3/t17-/m0/s1. The molecule has 3 heterocycles. The Morgan fingerprint density at radius 3 is 2.88 bits per heavy atom. The summed E-state index contributed by atoms with van der Waals surface area (Å²) in [6.45, 7) is 2.81. The fraction of sp³-hybridized carbons (Fsp3) is 0.300. The van der Waals surface area contributed by atoms with Gasteiger partial charge in [0.1, 0.15) is 5.82 Å². The molecule has 1 fully saturated rings. The molecule has 6 nitrogen and oxygen atoms in total. The molecule has 4 rings (SSSR count). The molecule has 132 valence electrons. The van der Waals surface area contributed by atoms with Crippen molar-refractivity contribution in [3.63, 3.8) is 0 Å². The van der Waals surface area contributed by atoms with Crippen molar-refractivity contribution in [3.8, 4) is 5.82 Å². The topological polar surface area (TPSA) is 63.9 Å². The molecule has 1 amide bonds. The Kier molecular flexibility index (Phi) is 4.48. The van der Waals surface area contributed by atoms with E-state index in [2.05, 4.69) is 16.9 Å². The minimum Gasteiger partial charge on any atom is -0.330 e. The van der Waals surface area contributed by atoms with Gasteiger partial charge in [0.2, 0.25) is 0 Å². The number of carbonyl (C=O) groups is 1. The summed E-state index contributed by atoms with van der Waals surface area (Å²) in [7, 11) is 0. The summed E-state index contributed by atoms with van der Waals surface area (Å²) in [5.74, 6) is 1.74. The van der Waals surface area contributed by atoms with Crippen LogP contribution in [0.4, 0.5) is 0 Å². The summed E-state index contributed by atoms with van der Waals surface area (Å²) in [5.41, 5.74) is 1.55. The largest absolute Gasteiger partial charge is 0.330 e. The van der Waals surface area contributed by atoms with Gasteiger partial charge in [-0.2, -0.15) is 0 Å². The van der Waals surface area contributed by atoms with Crippen LogP contribution in [0.5, 0.6) is 0 Å². The van der Waals surface area contributed by atoms with Gasteiger partial charge >= 0.3 is 0 Å². The molecule has 0 radical (unpaired) electrons. The van der Waals surface area contributed by atoms with Gasteiger partial charge in [-0.3, -0.25) is 14.3 Å². The third-order valence-corrected chi connectivity index (χ3v) is 4.80. The zero-order chi connectivity index (χ0) is 17.9. The first-order valence-corrected chi connectivity index (χ1v) is 8.98. The second kappa shape index (κ2) is 7.07. The van der Waals surface area contributed by atoms with Crippen LogP contribution in [-0.4, -0.2) is 36.9 Å². The van der Waals surface area contributed by atoms with Crippen LogP contribution in [0.25, 0.3) is 5.82 Å². The molecule has 0 bridgehead atoms. The van der Waals surface area contributed by atoms with Crippen LogP contribution in [-0.2, 0) is 6.42 Å². The van der Waals surface area contributed by atoms with E-state index in [-0.39, 0.29) is 11.9 Å². The maximum atomic E-state index is 12.9. The van der Waals surface area contributed by atoms with Crippen LogP contribution in [0.15, 0.2) is 55.1 Å². The van der Waals surface area contributed by atoms with Crippen molar-refractivity contribution in [2.75, 3.05) is 6.54 Å². The van der Waals surface area contributed by atoms with Crippen molar-refractivity contribution in [2.45, 2.75) is 32.2 Å². The third kappa shape index (κ3) is 2.98. The van der Waals surface area contributed by atoms with Gasteiger partial charge in [0.25, 0.3) is 5.91 Å². The number of benzene rings is 1. The maximum absolute atomic E-state index is 12.9. The summed E-state index contributed by atoms with van der Waals surface area (Å²) in [6, 6.07) is 9.39. The highest BCUT2D eigenvalue weighted by Crippen LogP contribution is 2.32. The van der Waals surface area contributed by atoms with E-state index in [9.17, 15) is 4.79 Å². The predicted octanol–water partition coefficient (Wildman–Crippen LogP) is 3.20. The zero-order valence-electron chi connectivity index (χ0n) is 14.7. The van der Waals surface area contributed by atoms with Crippen molar-refractivity contribution in [3.05, 3.63) is 72.2 Å². The predicted molar refractivity (Wildman–Crippen MR) is 98.0 cm³/mol. The van der Waals surface area contributed by atoms with Gasteiger partial charge in [-0.25, -0.2) is 9.97 Å². The van der Waals surface area contributed by atoms with Gasteiger partial charge in [-0.15, -0.1) is 0 Å². The first kappa shape index (κ1) is 16.4. The number of carbonyl (C=O) groups excluding carboxylic acids is 1. The lowest BCUT2D eigenvalue weighted by molar-refractivity contribution is 0.0732. The van der Waals surface area contributed by atoms with Gasteiger partial charge in [-0.1, -0.05) is 25.1 Å². The molecule has 6 heteroatoms. The van der Waals surface area contributed by atoms with E-state index in [1.165, 1.54) is 0 Å². The Hall–Kier alpha value is -3.02. The molecule has 1 saturated heterocycles. The Bertz CT molecular complexity index is 905. The van der Waals surface area contributed by atoms with Crippen molar-refractivity contribution in [1.29, 1.82) is 0 Å². The zero-order valence-corrected chi connectivity index (χ0v) is 14.7. The maximum Gasteiger partial charge on any atom is 0.254 e. The van der Waals surface area contributed by atoms with Crippen LogP contribution in [0.3, 0.4) is 0 Å². The first-order valence-electron chi connectivity index (χ1n) is 8.98. The molecular formula is C20H21N5O. The van der Waals surface area contributed by atoms with Gasteiger partial charge in [0, 0.05) is 30.9 Å². The van der Waals surface area contributed by atoms with E-state index in [1.54, 1.807) is 18.6 Å². The Morgan fingerprint density at radius 2 is 2.08 bits per heavy atom. The lowest BCUT2D eigenvalue weighted by Gasteiger charge is -2.24. The molecule has 1 aromatic carbocycles. The van der Waals surface area contributed by atoms with Crippen LogP contribution < -0.4 is 0 Å². The second-order valence-electron chi connectivity index (χ2n) is 6.39. The smallest absolute Gasteiger partial charge is 0.254 e. The SMILES string of the molecule is CCc1nccn1-c1cncc([C@@H]2CCCN2C(=O)c2ccccc2)n1. The van der Waals surface area contributed by atoms with Crippen molar-refractivity contribution in [2.24, 2.45) is 0 Å². The highest BCUT2D eigenvalue weighted by atomic mass is 16.2. The van der Waals surface area contributed by atoms with E-state index < -0.39 is 0 Å².